The third kappa shape index (κ3) is 28.0. The summed E-state index contributed by atoms with van der Waals surface area (Å²) in [5.74, 6) is -6.38. The number of unbranched alkanes of at least 4 members (excludes halogenated alkanes) is 2. The average Bonchev–Trinajstić information content (AvgIpc) is 1.59. The molecule has 1 aromatic heterocycles. The van der Waals surface area contributed by atoms with E-state index in [1.165, 1.54) is 36.4 Å². The number of benzene rings is 4. The zero-order chi connectivity index (χ0) is 87.2. The second-order valence-corrected chi connectivity index (χ2v) is 37.4. The second kappa shape index (κ2) is 45.1. The maximum Gasteiger partial charge on any atom is 1.00 e. The van der Waals surface area contributed by atoms with Crippen LogP contribution in [0.25, 0.3) is 0 Å². The largest absolute Gasteiger partial charge is 1.00 e. The van der Waals surface area contributed by atoms with Crippen molar-refractivity contribution in [2.75, 3.05) is 95.4 Å². The van der Waals surface area contributed by atoms with Crippen molar-refractivity contribution in [2.24, 2.45) is 5.92 Å². The van der Waals surface area contributed by atoms with Crippen LogP contribution in [0.5, 0.6) is 5.75 Å². The molecule has 0 spiro atoms. The molecule has 11 rings (SSSR count). The Morgan fingerprint density at radius 3 is 2.02 bits per heavy atom. The zero-order valence-electron chi connectivity index (χ0n) is 70.5. The molecule has 0 radical (unpaired) electrons. The molecule has 6 aliphatic rings. The summed E-state index contributed by atoms with van der Waals surface area (Å²) >= 11 is 0. The maximum atomic E-state index is 14.0. The van der Waals surface area contributed by atoms with Gasteiger partial charge in [-0.2, -0.15) is 9.84 Å². The smallest absolute Gasteiger partial charge is 0.748 e. The van der Waals surface area contributed by atoms with Gasteiger partial charge in [-0.25, -0.2) is 47.1 Å². The number of hydrogen-bond acceptors (Lipinski definition) is 26. The second-order valence-electron chi connectivity index (χ2n) is 31.6. The Morgan fingerprint density at radius 1 is 0.726 bits per heavy atom. The number of nitrogens with zero attached hydrogens (tertiary/aromatic N) is 8. The number of fused-ring (bicyclic) bond motifs is 3. The standard InChI is InChI=1S/C82H101F2N11O22S4.3Na/c1-80(2)67-45-64(120(107,108)109)22-24-70(67)93(31-5-7-41-118(101,102)103)72(80)26-18-56-11-9-12-57(19-27-73-81(3,4)68-46-65(121(110,111)112)23-25-71(68)94(73)32-6-8-42-119(104,105)106)77(56)117-63-20-15-55(16-21-63)17-28-74(96)86-30-34-114-36-38-116-40-39-115-37-35-113-33-29-75(97)87-49-61-52-92(90-89-61)51-59-14-10-13-58-50-91(53-66(58)59)76(98)44-60-43-69(88-78(60)99)79(100)95-54-82(83,84)47-62(95)48-85;;;/h10,13-16,18-27,45-46,52,60,62,69H,5-9,11-12,17,28-44,47,49-51,53-54H2,1-4H3,(H6-,86,87,88,96,97,99,101,102,103,104,105,106,107,108,109,110,111,112);;;/q;3*+1/p-3/t60-,62-,69-;;;/m0.../s1. The molecule has 0 saturated carbocycles. The van der Waals surface area contributed by atoms with E-state index in [1.807, 2.05) is 91.8 Å². The first-order valence-electron chi connectivity index (χ1n) is 39.8. The molecule has 42 heteroatoms. The van der Waals surface area contributed by atoms with Gasteiger partial charge in [0.1, 0.15) is 56.1 Å². The number of allylic oxidation sites excluding steroid dienone is 7. The topological polar surface area (TPSA) is 464 Å². The number of nitriles is 1. The van der Waals surface area contributed by atoms with Crippen LogP contribution in [-0.4, -0.2) is 225 Å². The van der Waals surface area contributed by atoms with Gasteiger partial charge < -0.3 is 72.5 Å². The molecule has 124 heavy (non-hydrogen) atoms. The number of nitrogens with one attached hydrogen (secondary N) is 3. The number of ether oxygens (including phenoxy) is 5. The number of aromatic nitrogens is 3. The number of halogens is 2. The minimum Gasteiger partial charge on any atom is -0.748 e. The number of amides is 5. The molecule has 0 bridgehead atoms. The molecular formula is C82H98F2N11Na3O22S4. The van der Waals surface area contributed by atoms with Gasteiger partial charge in [0.25, 0.3) is 5.92 Å². The summed E-state index contributed by atoms with van der Waals surface area (Å²) in [6.45, 7) is 10.3. The number of carbonyl (C=O) groups is 5. The summed E-state index contributed by atoms with van der Waals surface area (Å²) < 4.78 is 205. The Labute approximate surface area is 787 Å². The number of aryl methyl sites for hydroxylation is 1. The molecule has 1 aliphatic carbocycles. The van der Waals surface area contributed by atoms with Crippen LogP contribution in [0.2, 0.25) is 0 Å². The van der Waals surface area contributed by atoms with Crippen LogP contribution < -0.4 is 114 Å². The van der Waals surface area contributed by atoms with Gasteiger partial charge >= 0.3 is 88.7 Å². The Balaban J connectivity index is 0.00000636. The number of anilines is 1. The van der Waals surface area contributed by atoms with Gasteiger partial charge in [-0.1, -0.05) is 55.5 Å². The van der Waals surface area contributed by atoms with Crippen molar-refractivity contribution in [1.29, 1.82) is 5.26 Å². The first-order valence-corrected chi connectivity index (χ1v) is 45.8. The third-order valence-electron chi connectivity index (χ3n) is 22.1. The summed E-state index contributed by atoms with van der Waals surface area (Å²) in [4.78, 5) is 68.6. The molecule has 5 aromatic rings. The van der Waals surface area contributed by atoms with E-state index in [2.05, 4.69) is 26.3 Å². The SMILES string of the molecule is CC1(C)C(/C=C/C2=C(Oc3ccc(CCC(=O)NCCOCCOCCOCCOCCC(=O)NCc4cn(Cc5cccc6c5CN(C(=O)C[C@@H]5C[C@@H](C(=O)N7CC(F)(F)C[C@H]7C#N)NC5=O)C6)nn4)cc3)C(=C/C=C3/N(CCCCS(=O)(=O)[O-])c4ccc(S(=O)(=O)[O-])cc4C3(C)C)/CCC2)=[N+](CCCCS(=O)(=O)[O-])c2ccc(S(=O)(=O)[O-])cc21.[Na+].[Na+].[Na+]. The van der Waals surface area contributed by atoms with Crippen LogP contribution in [0.4, 0.5) is 20.2 Å². The Bertz CT molecular complexity index is 5420. The van der Waals surface area contributed by atoms with Crippen molar-refractivity contribution in [3.05, 3.63) is 171 Å². The van der Waals surface area contributed by atoms with E-state index in [0.717, 1.165) is 38.3 Å². The molecule has 6 heterocycles. The Hall–Kier alpha value is -6.57. The summed E-state index contributed by atoms with van der Waals surface area (Å²) in [6, 6.07) is 20.4. The summed E-state index contributed by atoms with van der Waals surface area (Å²) in [7, 11) is -18.8. The number of carbonyl (C=O) groups excluding carboxylic acids is 5. The van der Waals surface area contributed by atoms with Gasteiger partial charge in [0, 0.05) is 110 Å². The van der Waals surface area contributed by atoms with E-state index < -0.39 is 121 Å². The fourth-order valence-corrected chi connectivity index (χ4v) is 17.9. The molecule has 4 aromatic carbocycles. The van der Waals surface area contributed by atoms with Gasteiger partial charge in [0.2, 0.25) is 35.2 Å². The van der Waals surface area contributed by atoms with Crippen molar-refractivity contribution >= 4 is 87.1 Å². The van der Waals surface area contributed by atoms with Crippen molar-refractivity contribution < 1.29 is 202 Å². The van der Waals surface area contributed by atoms with Crippen LogP contribution in [0.15, 0.2) is 142 Å². The minimum absolute atomic E-state index is 0. The van der Waals surface area contributed by atoms with E-state index in [0.29, 0.717) is 103 Å². The van der Waals surface area contributed by atoms with Crippen LogP contribution >= 0.6 is 0 Å². The monoisotopic (exact) mass is 1820 g/mol. The Morgan fingerprint density at radius 2 is 1.36 bits per heavy atom. The molecule has 5 aliphatic heterocycles. The molecule has 5 amide bonds. The maximum absolute atomic E-state index is 14.0. The van der Waals surface area contributed by atoms with E-state index in [1.54, 1.807) is 34.0 Å². The number of alkyl halides is 2. The van der Waals surface area contributed by atoms with Crippen molar-refractivity contribution in [2.45, 2.75) is 176 Å². The normalized spacial score (nSPS) is 19.0. The van der Waals surface area contributed by atoms with Gasteiger partial charge in [-0.05, 0) is 159 Å². The molecular weight excluding hydrogens is 1730 g/mol. The predicted octanol–water partition coefficient (Wildman–Crippen LogP) is -2.83. The van der Waals surface area contributed by atoms with Gasteiger partial charge in [-0.3, -0.25) is 24.0 Å². The fraction of sp³-hybridized carbons (Fsp3) is 0.500. The van der Waals surface area contributed by atoms with Crippen molar-refractivity contribution in [3.63, 3.8) is 0 Å². The minimum atomic E-state index is -4.87. The molecule has 2 saturated heterocycles. The molecule has 33 nitrogen and oxygen atoms in total. The van der Waals surface area contributed by atoms with E-state index in [-0.39, 0.29) is 230 Å². The first kappa shape index (κ1) is 103. The number of hydrogen-bond donors (Lipinski definition) is 3. The number of rotatable bonds is 42. The summed E-state index contributed by atoms with van der Waals surface area (Å²) in [5, 5.41) is 26.0. The van der Waals surface area contributed by atoms with Crippen molar-refractivity contribution in [1.82, 2.24) is 40.7 Å². The molecule has 654 valence electrons. The summed E-state index contributed by atoms with van der Waals surface area (Å²) in [5.41, 5.74) is 7.28. The van der Waals surface area contributed by atoms with Gasteiger partial charge in [-0.15, -0.1) is 5.10 Å². The molecule has 3 N–H and O–H groups in total. The van der Waals surface area contributed by atoms with Gasteiger partial charge in [0.05, 0.1) is 120 Å². The van der Waals surface area contributed by atoms with E-state index >= 15 is 0 Å². The van der Waals surface area contributed by atoms with Crippen LogP contribution in [-0.2, 0) is 127 Å². The fourth-order valence-electron chi connectivity index (χ4n) is 15.8. The average molecular weight is 1820 g/mol. The molecule has 0 unspecified atom stereocenters. The molecule has 2 fully saturated rings. The Kier molecular flexibility index (Phi) is 37.4. The van der Waals surface area contributed by atoms with E-state index in [9.17, 15) is 89.9 Å². The van der Waals surface area contributed by atoms with Crippen LogP contribution in [0.3, 0.4) is 0 Å². The van der Waals surface area contributed by atoms with Crippen molar-refractivity contribution in [3.8, 4) is 11.8 Å². The summed E-state index contributed by atoms with van der Waals surface area (Å²) in [6.07, 6.45) is 11.1. The zero-order valence-corrected chi connectivity index (χ0v) is 79.8. The third-order valence-corrected chi connectivity index (χ3v) is 25.3. The number of likely N-dealkylation sites (tertiary alicyclic amines) is 1. The van der Waals surface area contributed by atoms with Crippen LogP contribution in [0, 0.1) is 17.2 Å². The quantitative estimate of drug-likeness (QED) is 0.0153. The molecule has 3 atom stereocenters. The first-order chi connectivity index (χ1) is 57.2. The van der Waals surface area contributed by atoms with E-state index in [4.69, 9.17) is 23.7 Å². The predicted molar refractivity (Wildman–Crippen MR) is 429 cm³/mol. The van der Waals surface area contributed by atoms with Gasteiger partial charge in [0.15, 0.2) is 5.71 Å². The van der Waals surface area contributed by atoms with Crippen LogP contribution in [0.1, 0.15) is 144 Å².